The first-order valence-corrected chi connectivity index (χ1v) is 8.52. The number of methoxy groups -OCH3 is 1. The number of hydrogen-bond donors (Lipinski definition) is 1. The molecule has 132 valence electrons. The number of rotatable bonds is 4. The number of anilines is 1. The molecule has 0 bridgehead atoms. The van der Waals surface area contributed by atoms with Crippen molar-refractivity contribution in [2.45, 2.75) is 0 Å². The van der Waals surface area contributed by atoms with Crippen LogP contribution in [-0.2, 0) is 4.79 Å². The van der Waals surface area contributed by atoms with Crippen molar-refractivity contribution < 1.29 is 9.53 Å². The van der Waals surface area contributed by atoms with Crippen molar-refractivity contribution in [1.82, 2.24) is 9.97 Å². The Kier molecular flexibility index (Phi) is 4.49. The quantitative estimate of drug-likeness (QED) is 0.434. The van der Waals surface area contributed by atoms with Crippen LogP contribution in [0.1, 0.15) is 5.56 Å². The minimum atomic E-state index is -0.236. The highest BCUT2D eigenvalue weighted by Crippen LogP contribution is 2.30. The molecule has 5 nitrogen and oxygen atoms in total. The highest BCUT2D eigenvalue weighted by atomic mass is 16.5. The van der Waals surface area contributed by atoms with Gasteiger partial charge in [0.2, 0.25) is 5.91 Å². The van der Waals surface area contributed by atoms with Crippen molar-refractivity contribution in [3.8, 4) is 5.75 Å². The summed E-state index contributed by atoms with van der Waals surface area (Å²) in [6.07, 6.45) is 3.27. The molecule has 0 saturated carbocycles. The number of carbonyl (C=O) groups is 1. The topological polar surface area (TPSA) is 64.1 Å². The Labute approximate surface area is 156 Å². The van der Waals surface area contributed by atoms with Crippen LogP contribution in [0.25, 0.3) is 28.1 Å². The standard InChI is InChI=1S/C22H17N3O2/c1-27-19-13-12-18(23-20(26)14-11-15-7-3-2-4-8-15)21-22(19)25-17-10-6-5-9-16(17)24-21/h2-14H,1H3,(H,23,26)/b14-11+. The molecule has 1 aromatic heterocycles. The fraction of sp³-hybridized carbons (Fsp3) is 0.0455. The zero-order valence-corrected chi connectivity index (χ0v) is 14.7. The van der Waals surface area contributed by atoms with Crippen molar-refractivity contribution >= 4 is 39.7 Å². The Morgan fingerprint density at radius 2 is 1.56 bits per heavy atom. The molecule has 0 aliphatic carbocycles. The molecule has 0 atom stereocenters. The number of fused-ring (bicyclic) bond motifs is 2. The second-order valence-electron chi connectivity index (χ2n) is 5.96. The second-order valence-corrected chi connectivity index (χ2v) is 5.96. The lowest BCUT2D eigenvalue weighted by Gasteiger charge is -2.10. The number of aromatic nitrogens is 2. The van der Waals surface area contributed by atoms with Crippen LogP contribution in [0.3, 0.4) is 0 Å². The summed E-state index contributed by atoms with van der Waals surface area (Å²) >= 11 is 0. The van der Waals surface area contributed by atoms with Gasteiger partial charge in [0.05, 0.1) is 23.8 Å². The summed E-state index contributed by atoms with van der Waals surface area (Å²) in [6.45, 7) is 0. The smallest absolute Gasteiger partial charge is 0.248 e. The van der Waals surface area contributed by atoms with E-state index in [9.17, 15) is 4.79 Å². The molecule has 4 rings (SSSR count). The van der Waals surface area contributed by atoms with E-state index in [-0.39, 0.29) is 5.91 Å². The first-order chi connectivity index (χ1) is 13.2. The van der Waals surface area contributed by atoms with Crippen LogP contribution in [0.2, 0.25) is 0 Å². The molecule has 0 unspecified atom stereocenters. The molecule has 0 spiro atoms. The molecule has 4 aromatic rings. The van der Waals surface area contributed by atoms with Crippen LogP contribution in [0.15, 0.2) is 72.8 Å². The van der Waals surface area contributed by atoms with E-state index in [0.717, 1.165) is 16.6 Å². The van der Waals surface area contributed by atoms with Gasteiger partial charge in [0.1, 0.15) is 16.8 Å². The summed E-state index contributed by atoms with van der Waals surface area (Å²) in [4.78, 5) is 21.7. The Morgan fingerprint density at radius 1 is 0.889 bits per heavy atom. The highest BCUT2D eigenvalue weighted by molar-refractivity contribution is 6.07. The lowest BCUT2D eigenvalue weighted by molar-refractivity contribution is -0.111. The second kappa shape index (κ2) is 7.25. The predicted octanol–water partition coefficient (Wildman–Crippen LogP) is 4.44. The number of para-hydroxylation sites is 2. The monoisotopic (exact) mass is 355 g/mol. The number of ether oxygens (including phenoxy) is 1. The zero-order valence-electron chi connectivity index (χ0n) is 14.7. The van der Waals surface area contributed by atoms with E-state index in [1.54, 1.807) is 25.3 Å². The van der Waals surface area contributed by atoms with Gasteiger partial charge in [-0.1, -0.05) is 42.5 Å². The maximum absolute atomic E-state index is 12.4. The number of hydrogen-bond acceptors (Lipinski definition) is 4. The van der Waals surface area contributed by atoms with Crippen molar-refractivity contribution in [2.75, 3.05) is 12.4 Å². The van der Waals surface area contributed by atoms with Crippen LogP contribution in [0, 0.1) is 0 Å². The third-order valence-corrected chi connectivity index (χ3v) is 4.16. The molecule has 1 heterocycles. The molecule has 0 radical (unpaired) electrons. The molecular formula is C22H17N3O2. The van der Waals surface area contributed by atoms with Crippen molar-refractivity contribution in [2.24, 2.45) is 0 Å². The summed E-state index contributed by atoms with van der Waals surface area (Å²) < 4.78 is 5.41. The number of amides is 1. The molecule has 0 aliphatic rings. The van der Waals surface area contributed by atoms with Gasteiger partial charge in [-0.05, 0) is 35.9 Å². The fourth-order valence-corrected chi connectivity index (χ4v) is 2.85. The van der Waals surface area contributed by atoms with E-state index < -0.39 is 0 Å². The minimum Gasteiger partial charge on any atom is -0.494 e. The first-order valence-electron chi connectivity index (χ1n) is 8.52. The van der Waals surface area contributed by atoms with E-state index in [2.05, 4.69) is 15.3 Å². The van der Waals surface area contributed by atoms with Crippen LogP contribution in [-0.4, -0.2) is 23.0 Å². The average Bonchev–Trinajstić information content (AvgIpc) is 2.72. The summed E-state index contributed by atoms with van der Waals surface area (Å²) in [5, 5.41) is 2.89. The predicted molar refractivity (Wildman–Crippen MR) is 108 cm³/mol. The number of nitrogens with zero attached hydrogens (tertiary/aromatic N) is 2. The van der Waals surface area contributed by atoms with E-state index in [0.29, 0.717) is 22.5 Å². The van der Waals surface area contributed by atoms with Crippen molar-refractivity contribution in [1.29, 1.82) is 0 Å². The first kappa shape index (κ1) is 16.7. The van der Waals surface area contributed by atoms with Gasteiger partial charge in [-0.15, -0.1) is 0 Å². The average molecular weight is 355 g/mol. The highest BCUT2D eigenvalue weighted by Gasteiger charge is 2.12. The van der Waals surface area contributed by atoms with Crippen molar-refractivity contribution in [3.05, 3.63) is 78.4 Å². The number of benzene rings is 3. The van der Waals surface area contributed by atoms with Gasteiger partial charge in [0.15, 0.2) is 0 Å². The molecule has 0 fully saturated rings. The maximum Gasteiger partial charge on any atom is 0.248 e. The molecule has 1 N–H and O–H groups in total. The van der Waals surface area contributed by atoms with Gasteiger partial charge < -0.3 is 10.1 Å². The zero-order chi connectivity index (χ0) is 18.6. The lowest BCUT2D eigenvalue weighted by Crippen LogP contribution is -2.09. The molecule has 27 heavy (non-hydrogen) atoms. The molecule has 5 heteroatoms. The number of carbonyl (C=O) groups excluding carboxylic acids is 1. The van der Waals surface area contributed by atoms with Gasteiger partial charge in [-0.3, -0.25) is 4.79 Å². The molecule has 3 aromatic carbocycles. The molecule has 0 saturated heterocycles. The van der Waals surface area contributed by atoms with E-state index >= 15 is 0 Å². The summed E-state index contributed by atoms with van der Waals surface area (Å²) in [5.74, 6) is 0.376. The summed E-state index contributed by atoms with van der Waals surface area (Å²) in [5.41, 5.74) is 4.28. The Hall–Kier alpha value is -3.73. The Morgan fingerprint density at radius 3 is 2.26 bits per heavy atom. The third kappa shape index (κ3) is 3.48. The largest absolute Gasteiger partial charge is 0.494 e. The van der Waals surface area contributed by atoms with Gasteiger partial charge >= 0.3 is 0 Å². The van der Waals surface area contributed by atoms with E-state index in [1.807, 2.05) is 54.6 Å². The normalized spacial score (nSPS) is 11.1. The van der Waals surface area contributed by atoms with Crippen LogP contribution < -0.4 is 10.1 Å². The SMILES string of the molecule is COc1ccc(NC(=O)/C=C/c2ccccc2)c2nc3ccccc3nc12. The van der Waals surface area contributed by atoms with Crippen LogP contribution in [0.5, 0.6) is 5.75 Å². The fourth-order valence-electron chi connectivity index (χ4n) is 2.85. The Balaban J connectivity index is 1.72. The molecular weight excluding hydrogens is 338 g/mol. The molecule has 0 aliphatic heterocycles. The van der Waals surface area contributed by atoms with Gasteiger partial charge in [-0.25, -0.2) is 9.97 Å². The van der Waals surface area contributed by atoms with E-state index in [4.69, 9.17) is 4.74 Å². The van der Waals surface area contributed by atoms with Crippen molar-refractivity contribution in [3.63, 3.8) is 0 Å². The Bertz CT molecular complexity index is 1150. The summed E-state index contributed by atoms with van der Waals surface area (Å²) in [7, 11) is 1.59. The third-order valence-electron chi connectivity index (χ3n) is 4.16. The van der Waals surface area contributed by atoms with Crippen LogP contribution in [0.4, 0.5) is 5.69 Å². The van der Waals surface area contributed by atoms with Gasteiger partial charge in [0, 0.05) is 6.08 Å². The summed E-state index contributed by atoms with van der Waals surface area (Å²) in [6, 6.07) is 20.8. The lowest BCUT2D eigenvalue weighted by atomic mass is 10.2. The van der Waals surface area contributed by atoms with Gasteiger partial charge in [-0.2, -0.15) is 0 Å². The minimum absolute atomic E-state index is 0.236. The number of nitrogens with one attached hydrogen (secondary N) is 1. The van der Waals surface area contributed by atoms with E-state index in [1.165, 1.54) is 6.08 Å². The van der Waals surface area contributed by atoms with Gasteiger partial charge in [0.25, 0.3) is 0 Å². The molecule has 1 amide bonds. The maximum atomic E-state index is 12.4. The van der Waals surface area contributed by atoms with Crippen LogP contribution >= 0.6 is 0 Å².